The smallest absolute Gasteiger partial charge is 0.375 e. The van der Waals surface area contributed by atoms with Gasteiger partial charge in [0.2, 0.25) is 0 Å². The molecule has 7 heteroatoms. The van der Waals surface area contributed by atoms with E-state index in [4.69, 9.17) is 15.5 Å². The Kier molecular flexibility index (Phi) is 3.23. The fourth-order valence-corrected chi connectivity index (χ4v) is 2.09. The number of anilines is 1. The zero-order chi connectivity index (χ0) is 10.8. The van der Waals surface area contributed by atoms with Crippen molar-refractivity contribution in [2.45, 2.75) is 0 Å². The first-order valence-corrected chi connectivity index (χ1v) is 5.61. The van der Waals surface area contributed by atoms with Gasteiger partial charge in [0.05, 0.1) is 5.69 Å². The molecule has 0 spiro atoms. The van der Waals surface area contributed by atoms with Crippen LogP contribution in [0.2, 0.25) is 0 Å². The molecule has 0 unspecified atom stereocenters. The lowest BCUT2D eigenvalue weighted by molar-refractivity contribution is 0.374. The Balaban J connectivity index is 3.15. The van der Waals surface area contributed by atoms with Gasteiger partial charge in [-0.05, 0) is 24.4 Å². The molecular formula is C7H9N2O3PS. The second-order valence-electron chi connectivity index (χ2n) is 2.50. The summed E-state index contributed by atoms with van der Waals surface area (Å²) in [5.74, 6) is 0. The summed E-state index contributed by atoms with van der Waals surface area (Å²) < 4.78 is 11.6. The highest BCUT2D eigenvalue weighted by molar-refractivity contribution is 7.81. The fraction of sp³-hybridized carbons (Fsp3) is 0. The molecule has 0 aliphatic heterocycles. The third-order valence-corrected chi connectivity index (χ3v) is 2.76. The predicted molar refractivity (Wildman–Crippen MR) is 57.8 cm³/mol. The molecule has 0 aliphatic carbocycles. The lowest BCUT2D eigenvalue weighted by Gasteiger charge is -2.22. The number of para-hydroxylation sites is 1. The number of rotatable bonds is 2. The highest BCUT2D eigenvalue weighted by Crippen LogP contribution is 2.43. The van der Waals surface area contributed by atoms with E-state index in [1.54, 1.807) is 18.2 Å². The maximum Gasteiger partial charge on any atom is 0.436 e. The quantitative estimate of drug-likeness (QED) is 0.517. The first kappa shape index (κ1) is 11.1. The molecule has 0 saturated carbocycles. The lowest BCUT2D eigenvalue weighted by atomic mass is 10.3. The Morgan fingerprint density at radius 1 is 1.36 bits per heavy atom. The summed E-state index contributed by atoms with van der Waals surface area (Å²) >= 11 is 4.56. The van der Waals surface area contributed by atoms with Crippen LogP contribution in [0.25, 0.3) is 0 Å². The van der Waals surface area contributed by atoms with Crippen LogP contribution in [-0.2, 0) is 4.57 Å². The minimum atomic E-state index is -4.49. The van der Waals surface area contributed by atoms with Gasteiger partial charge in [-0.1, -0.05) is 18.2 Å². The van der Waals surface area contributed by atoms with Crippen LogP contribution in [-0.4, -0.2) is 14.9 Å². The Labute approximate surface area is 86.4 Å². The zero-order valence-electron chi connectivity index (χ0n) is 7.07. The van der Waals surface area contributed by atoms with Crippen LogP contribution >= 0.6 is 20.0 Å². The van der Waals surface area contributed by atoms with Crippen LogP contribution in [0.3, 0.4) is 0 Å². The fourth-order valence-electron chi connectivity index (χ4n) is 0.975. The van der Waals surface area contributed by atoms with Crippen molar-refractivity contribution in [3.8, 4) is 0 Å². The standard InChI is InChI=1S/C7H9N2O3PS/c8-7(14)9(13(10,11)12)6-4-2-1-3-5-6/h1-5H,(H2,8,14)(H2,10,11,12). The van der Waals surface area contributed by atoms with Crippen LogP contribution in [0.4, 0.5) is 5.69 Å². The van der Waals surface area contributed by atoms with Crippen molar-refractivity contribution in [3.05, 3.63) is 30.3 Å². The molecule has 0 fully saturated rings. The van der Waals surface area contributed by atoms with Crippen molar-refractivity contribution in [3.63, 3.8) is 0 Å². The number of nitrogens with zero attached hydrogens (tertiary/aromatic N) is 1. The topological polar surface area (TPSA) is 86.8 Å². The minimum absolute atomic E-state index is 0.272. The van der Waals surface area contributed by atoms with E-state index in [1.807, 2.05) is 0 Å². The van der Waals surface area contributed by atoms with Gasteiger partial charge >= 0.3 is 7.75 Å². The second-order valence-corrected chi connectivity index (χ2v) is 4.34. The van der Waals surface area contributed by atoms with Crippen molar-refractivity contribution < 1.29 is 14.4 Å². The first-order valence-electron chi connectivity index (χ1n) is 3.63. The maximum atomic E-state index is 11.0. The summed E-state index contributed by atoms with van der Waals surface area (Å²) in [6.07, 6.45) is 0. The molecule has 0 heterocycles. The van der Waals surface area contributed by atoms with Crippen LogP contribution in [0.5, 0.6) is 0 Å². The molecule has 0 aromatic heterocycles. The Morgan fingerprint density at radius 2 is 1.86 bits per heavy atom. The molecule has 0 atom stereocenters. The molecule has 5 nitrogen and oxygen atoms in total. The normalized spacial score (nSPS) is 11.0. The summed E-state index contributed by atoms with van der Waals surface area (Å²) in [4.78, 5) is 17.9. The van der Waals surface area contributed by atoms with Gasteiger partial charge in [0, 0.05) is 0 Å². The second kappa shape index (κ2) is 4.06. The largest absolute Gasteiger partial charge is 0.436 e. The van der Waals surface area contributed by atoms with E-state index < -0.39 is 7.75 Å². The minimum Gasteiger partial charge on any atom is -0.375 e. The predicted octanol–water partition coefficient (Wildman–Crippen LogP) is 0.829. The molecule has 76 valence electrons. The number of thiocarbonyl (C=S) groups is 1. The summed E-state index contributed by atoms with van der Waals surface area (Å²) in [7, 11) is -4.49. The summed E-state index contributed by atoms with van der Waals surface area (Å²) in [5.41, 5.74) is 5.49. The van der Waals surface area contributed by atoms with Gasteiger partial charge in [0.15, 0.2) is 5.11 Å². The molecule has 0 aliphatic rings. The van der Waals surface area contributed by atoms with E-state index in [0.29, 0.717) is 4.67 Å². The van der Waals surface area contributed by atoms with E-state index in [0.717, 1.165) is 0 Å². The molecule has 4 N–H and O–H groups in total. The van der Waals surface area contributed by atoms with Gasteiger partial charge in [0.25, 0.3) is 0 Å². The van der Waals surface area contributed by atoms with Gasteiger partial charge in [-0.15, -0.1) is 0 Å². The zero-order valence-corrected chi connectivity index (χ0v) is 8.78. The highest BCUT2D eigenvalue weighted by atomic mass is 32.1. The SMILES string of the molecule is NC(=S)N(c1ccccc1)P(=O)(O)O. The highest BCUT2D eigenvalue weighted by Gasteiger charge is 2.27. The molecular weight excluding hydrogens is 223 g/mol. The number of hydrogen-bond donors (Lipinski definition) is 3. The van der Waals surface area contributed by atoms with Gasteiger partial charge in [0.1, 0.15) is 0 Å². The lowest BCUT2D eigenvalue weighted by Crippen LogP contribution is -2.32. The average molecular weight is 232 g/mol. The Hall–Kier alpha value is -0.940. The maximum absolute atomic E-state index is 11.0. The van der Waals surface area contributed by atoms with Crippen LogP contribution < -0.4 is 10.4 Å². The van der Waals surface area contributed by atoms with Crippen molar-refractivity contribution >= 4 is 30.8 Å². The molecule has 14 heavy (non-hydrogen) atoms. The third-order valence-electron chi connectivity index (χ3n) is 1.47. The molecule has 0 saturated heterocycles. The van der Waals surface area contributed by atoms with E-state index in [2.05, 4.69) is 12.2 Å². The van der Waals surface area contributed by atoms with Gasteiger partial charge in [-0.25, -0.2) is 9.24 Å². The number of benzene rings is 1. The molecule has 0 radical (unpaired) electrons. The Morgan fingerprint density at radius 3 is 2.21 bits per heavy atom. The van der Waals surface area contributed by atoms with Crippen molar-refractivity contribution in [2.24, 2.45) is 5.73 Å². The van der Waals surface area contributed by atoms with E-state index >= 15 is 0 Å². The van der Waals surface area contributed by atoms with Crippen LogP contribution in [0.1, 0.15) is 0 Å². The van der Waals surface area contributed by atoms with E-state index in [-0.39, 0.29) is 10.8 Å². The van der Waals surface area contributed by atoms with Crippen molar-refractivity contribution in [1.29, 1.82) is 0 Å². The van der Waals surface area contributed by atoms with Gasteiger partial charge in [-0.2, -0.15) is 0 Å². The first-order chi connectivity index (χ1) is 6.43. The average Bonchev–Trinajstić information content (AvgIpc) is 2.02. The molecule has 1 aromatic rings. The van der Waals surface area contributed by atoms with E-state index in [1.165, 1.54) is 12.1 Å². The van der Waals surface area contributed by atoms with Crippen molar-refractivity contribution in [2.75, 3.05) is 4.67 Å². The number of nitrogens with two attached hydrogens (primary N) is 1. The summed E-state index contributed by atoms with van der Waals surface area (Å²) in [5, 5.41) is -0.357. The Bertz CT molecular complexity index is 378. The van der Waals surface area contributed by atoms with Gasteiger partial charge < -0.3 is 15.5 Å². The van der Waals surface area contributed by atoms with Gasteiger partial charge in [-0.3, -0.25) is 0 Å². The molecule has 1 aromatic carbocycles. The molecule has 1 rings (SSSR count). The van der Waals surface area contributed by atoms with Crippen LogP contribution in [0.15, 0.2) is 30.3 Å². The van der Waals surface area contributed by atoms with E-state index in [9.17, 15) is 4.57 Å². The summed E-state index contributed by atoms with van der Waals surface area (Å²) in [6, 6.07) is 8.02. The molecule has 0 bridgehead atoms. The monoisotopic (exact) mass is 232 g/mol. The molecule has 0 amide bonds. The number of hydrogen-bond acceptors (Lipinski definition) is 2. The van der Waals surface area contributed by atoms with Crippen molar-refractivity contribution in [1.82, 2.24) is 0 Å². The van der Waals surface area contributed by atoms with Crippen LogP contribution in [0, 0.1) is 0 Å². The third kappa shape index (κ3) is 2.52. The summed E-state index contributed by atoms with van der Waals surface area (Å²) in [6.45, 7) is 0.